The number of allylic oxidation sites excluding steroid dienone is 2. The van der Waals surface area contributed by atoms with Gasteiger partial charge < -0.3 is 10.6 Å². The third-order valence-corrected chi connectivity index (χ3v) is 6.66. The van der Waals surface area contributed by atoms with Crippen LogP contribution >= 0.6 is 0 Å². The van der Waals surface area contributed by atoms with Gasteiger partial charge in [0, 0.05) is 26.2 Å². The molecule has 4 unspecified atom stereocenters. The van der Waals surface area contributed by atoms with Crippen molar-refractivity contribution in [3.63, 3.8) is 0 Å². The summed E-state index contributed by atoms with van der Waals surface area (Å²) in [5, 5.41) is 6.64. The molecule has 1 aliphatic heterocycles. The van der Waals surface area contributed by atoms with Crippen molar-refractivity contribution in [2.45, 2.75) is 33.1 Å². The van der Waals surface area contributed by atoms with Gasteiger partial charge >= 0.3 is 0 Å². The first-order chi connectivity index (χ1) is 14.6. The molecule has 1 heterocycles. The molecule has 3 aliphatic rings. The van der Waals surface area contributed by atoms with Crippen LogP contribution in [-0.4, -0.2) is 48.9 Å². The van der Waals surface area contributed by atoms with Crippen molar-refractivity contribution in [3.8, 4) is 0 Å². The lowest BCUT2D eigenvalue weighted by molar-refractivity contribution is -0.140. The van der Waals surface area contributed by atoms with Crippen LogP contribution in [0.4, 0.5) is 0 Å². The van der Waals surface area contributed by atoms with Gasteiger partial charge in [-0.3, -0.25) is 19.5 Å². The van der Waals surface area contributed by atoms with Gasteiger partial charge in [0.15, 0.2) is 5.96 Å². The number of imide groups is 1. The molecule has 6 nitrogen and oxygen atoms in total. The first-order valence-electron chi connectivity index (χ1n) is 11.2. The fraction of sp³-hybridized carbons (Fsp3) is 0.542. The molecule has 0 spiro atoms. The van der Waals surface area contributed by atoms with Crippen LogP contribution < -0.4 is 10.6 Å². The number of benzene rings is 1. The molecule has 6 heteroatoms. The Hall–Kier alpha value is -2.63. The van der Waals surface area contributed by atoms with Gasteiger partial charge in [0.05, 0.1) is 11.8 Å². The Morgan fingerprint density at radius 3 is 2.47 bits per heavy atom. The number of amides is 2. The van der Waals surface area contributed by atoms with Crippen molar-refractivity contribution in [1.29, 1.82) is 0 Å². The second-order valence-corrected chi connectivity index (χ2v) is 8.55. The lowest BCUT2D eigenvalue weighted by Crippen LogP contribution is -2.38. The molecule has 1 aromatic rings. The second-order valence-electron chi connectivity index (χ2n) is 8.55. The third-order valence-electron chi connectivity index (χ3n) is 6.66. The number of hydrogen-bond donors (Lipinski definition) is 2. The van der Waals surface area contributed by atoms with E-state index in [1.54, 1.807) is 0 Å². The summed E-state index contributed by atoms with van der Waals surface area (Å²) in [6.07, 6.45) is 6.87. The smallest absolute Gasteiger partial charge is 0.233 e. The van der Waals surface area contributed by atoms with E-state index in [2.05, 4.69) is 59.0 Å². The Labute approximate surface area is 178 Å². The summed E-state index contributed by atoms with van der Waals surface area (Å²) >= 11 is 0. The monoisotopic (exact) mass is 408 g/mol. The molecule has 2 aliphatic carbocycles. The maximum Gasteiger partial charge on any atom is 0.233 e. The van der Waals surface area contributed by atoms with E-state index in [0.717, 1.165) is 31.9 Å². The number of hydrogen-bond acceptors (Lipinski definition) is 3. The number of fused-ring (bicyclic) bond motifs is 5. The highest BCUT2D eigenvalue weighted by Gasteiger charge is 2.58. The van der Waals surface area contributed by atoms with Gasteiger partial charge in [0.25, 0.3) is 0 Å². The standard InChI is InChI=1S/C24H32N4O2/c1-3-25-24(27-13-11-17-8-5-4-7-16(17)2)26-12-6-14-28-22(29)20-18-9-10-19(15-18)21(20)23(28)30/h4-5,7-10,18-21H,3,6,11-15H2,1-2H3,(H2,25,26,27). The minimum Gasteiger partial charge on any atom is -0.357 e. The normalized spacial score (nSPS) is 27.1. The van der Waals surface area contributed by atoms with Gasteiger partial charge in [-0.1, -0.05) is 36.4 Å². The summed E-state index contributed by atoms with van der Waals surface area (Å²) in [5.41, 5.74) is 2.63. The van der Waals surface area contributed by atoms with Crippen molar-refractivity contribution in [3.05, 3.63) is 47.5 Å². The van der Waals surface area contributed by atoms with Crippen molar-refractivity contribution in [2.24, 2.45) is 28.7 Å². The number of likely N-dealkylation sites (tertiary alicyclic amines) is 1. The molecule has 30 heavy (non-hydrogen) atoms. The van der Waals surface area contributed by atoms with Crippen molar-refractivity contribution >= 4 is 17.8 Å². The minimum absolute atomic E-state index is 0.0362. The van der Waals surface area contributed by atoms with E-state index in [1.165, 1.54) is 16.0 Å². The van der Waals surface area contributed by atoms with Crippen LogP contribution in [0.15, 0.2) is 41.4 Å². The van der Waals surface area contributed by atoms with Gasteiger partial charge in [-0.25, -0.2) is 0 Å². The molecule has 2 N–H and O–H groups in total. The molecule has 1 aromatic carbocycles. The maximum absolute atomic E-state index is 12.7. The molecular formula is C24H32N4O2. The second kappa shape index (κ2) is 9.02. The molecule has 0 radical (unpaired) electrons. The summed E-state index contributed by atoms with van der Waals surface area (Å²) < 4.78 is 0. The molecule has 2 amide bonds. The summed E-state index contributed by atoms with van der Waals surface area (Å²) in [4.78, 5) is 31.6. The first kappa shape index (κ1) is 20.6. The van der Waals surface area contributed by atoms with Crippen molar-refractivity contribution in [1.82, 2.24) is 15.5 Å². The lowest BCUT2D eigenvalue weighted by Gasteiger charge is -2.17. The molecule has 4 atom stereocenters. The number of nitrogens with one attached hydrogen (secondary N) is 2. The zero-order valence-electron chi connectivity index (χ0n) is 17.9. The first-order valence-corrected chi connectivity index (χ1v) is 11.2. The maximum atomic E-state index is 12.7. The Kier molecular flexibility index (Phi) is 6.21. The number of aliphatic imine (C=N–C) groups is 1. The predicted molar refractivity (Wildman–Crippen MR) is 118 cm³/mol. The summed E-state index contributed by atoms with van der Waals surface area (Å²) in [5.74, 6) is 1.20. The largest absolute Gasteiger partial charge is 0.357 e. The fourth-order valence-corrected chi connectivity index (χ4v) is 5.15. The van der Waals surface area contributed by atoms with E-state index < -0.39 is 0 Å². The zero-order chi connectivity index (χ0) is 21.1. The lowest BCUT2D eigenvalue weighted by atomic mass is 9.85. The van der Waals surface area contributed by atoms with Gasteiger partial charge in [-0.2, -0.15) is 0 Å². The molecule has 1 saturated carbocycles. The quantitative estimate of drug-likeness (QED) is 0.228. The van der Waals surface area contributed by atoms with E-state index in [4.69, 9.17) is 0 Å². The number of guanidine groups is 1. The van der Waals surface area contributed by atoms with E-state index in [9.17, 15) is 9.59 Å². The van der Waals surface area contributed by atoms with Gasteiger partial charge in [-0.05, 0) is 56.1 Å². The molecular weight excluding hydrogens is 376 g/mol. The topological polar surface area (TPSA) is 73.8 Å². The van der Waals surface area contributed by atoms with Crippen LogP contribution in [0.3, 0.4) is 0 Å². The van der Waals surface area contributed by atoms with Crippen molar-refractivity contribution < 1.29 is 9.59 Å². The van der Waals surface area contributed by atoms with Crippen LogP contribution in [-0.2, 0) is 16.0 Å². The number of aryl methyl sites for hydroxylation is 1. The highest BCUT2D eigenvalue weighted by Crippen LogP contribution is 2.52. The average molecular weight is 409 g/mol. The summed E-state index contributed by atoms with van der Waals surface area (Å²) in [6, 6.07) is 8.41. The van der Waals surface area contributed by atoms with E-state index in [0.29, 0.717) is 19.5 Å². The zero-order valence-corrected chi connectivity index (χ0v) is 17.9. The average Bonchev–Trinajstić information content (AvgIpc) is 3.41. The third kappa shape index (κ3) is 4.00. The summed E-state index contributed by atoms with van der Waals surface area (Å²) in [6.45, 7) is 6.82. The van der Waals surface area contributed by atoms with E-state index in [1.807, 2.05) is 6.92 Å². The minimum atomic E-state index is -0.101. The molecule has 0 aromatic heterocycles. The van der Waals surface area contributed by atoms with Crippen LogP contribution in [0, 0.1) is 30.6 Å². The number of nitrogens with zero attached hydrogens (tertiary/aromatic N) is 2. The van der Waals surface area contributed by atoms with Gasteiger partial charge in [-0.15, -0.1) is 0 Å². The van der Waals surface area contributed by atoms with Crippen LogP contribution in [0.2, 0.25) is 0 Å². The van der Waals surface area contributed by atoms with Crippen molar-refractivity contribution in [2.75, 3.05) is 26.2 Å². The highest BCUT2D eigenvalue weighted by atomic mass is 16.2. The Morgan fingerprint density at radius 2 is 1.80 bits per heavy atom. The molecule has 160 valence electrons. The Morgan fingerprint density at radius 1 is 1.10 bits per heavy atom. The fourth-order valence-electron chi connectivity index (χ4n) is 5.15. The molecule has 4 rings (SSSR count). The van der Waals surface area contributed by atoms with E-state index in [-0.39, 0.29) is 35.5 Å². The summed E-state index contributed by atoms with van der Waals surface area (Å²) in [7, 11) is 0. The van der Waals surface area contributed by atoms with E-state index >= 15 is 0 Å². The van der Waals surface area contributed by atoms with Gasteiger partial charge in [0.2, 0.25) is 11.8 Å². The SMILES string of the molecule is CCNC(=NCCCN1C(=O)C2C3C=CC(C3)C2C1=O)NCCc1ccccc1C. The van der Waals surface area contributed by atoms with Gasteiger partial charge in [0.1, 0.15) is 0 Å². The Balaban J connectivity index is 1.24. The number of rotatable bonds is 8. The predicted octanol–water partition coefficient (Wildman–Crippen LogP) is 2.29. The molecule has 1 saturated heterocycles. The molecule has 2 fully saturated rings. The highest BCUT2D eigenvalue weighted by molar-refractivity contribution is 6.06. The van der Waals surface area contributed by atoms with Crippen LogP contribution in [0.25, 0.3) is 0 Å². The number of carbonyl (C=O) groups excluding carboxylic acids is 2. The molecule has 2 bridgehead atoms. The number of carbonyl (C=O) groups is 2. The Bertz CT molecular complexity index is 833. The van der Waals surface area contributed by atoms with Crippen LogP contribution in [0.5, 0.6) is 0 Å². The van der Waals surface area contributed by atoms with Crippen LogP contribution in [0.1, 0.15) is 30.9 Å².